The minimum Gasteiger partial charge on any atom is -0.466 e. The SMILES string of the molecule is CC(=O)OCCCCS(=O)(=O)c1ccccc1. The van der Waals surface area contributed by atoms with Crippen LogP contribution in [0.2, 0.25) is 0 Å². The summed E-state index contributed by atoms with van der Waals surface area (Å²) in [6.07, 6.45) is 1.05. The van der Waals surface area contributed by atoms with Crippen molar-refractivity contribution in [3.63, 3.8) is 0 Å². The summed E-state index contributed by atoms with van der Waals surface area (Å²) in [4.78, 5) is 10.8. The predicted molar refractivity (Wildman–Crippen MR) is 64.4 cm³/mol. The first-order valence-electron chi connectivity index (χ1n) is 5.43. The molecule has 1 rings (SSSR count). The average Bonchev–Trinajstić information content (AvgIpc) is 2.29. The van der Waals surface area contributed by atoms with Crippen LogP contribution in [0.25, 0.3) is 0 Å². The van der Waals surface area contributed by atoms with E-state index in [2.05, 4.69) is 0 Å². The van der Waals surface area contributed by atoms with Crippen LogP contribution in [0.4, 0.5) is 0 Å². The third-order valence-corrected chi connectivity index (χ3v) is 4.03. The molecule has 5 heteroatoms. The van der Waals surface area contributed by atoms with Gasteiger partial charge in [0.2, 0.25) is 0 Å². The minimum absolute atomic E-state index is 0.0816. The molecule has 0 fully saturated rings. The quantitative estimate of drug-likeness (QED) is 0.575. The fraction of sp³-hybridized carbons (Fsp3) is 0.417. The summed E-state index contributed by atoms with van der Waals surface area (Å²) in [5, 5.41) is 0. The smallest absolute Gasteiger partial charge is 0.302 e. The number of hydrogen-bond acceptors (Lipinski definition) is 4. The molecule has 0 saturated heterocycles. The Bertz CT molecular complexity index is 451. The Morgan fingerprint density at radius 3 is 2.41 bits per heavy atom. The van der Waals surface area contributed by atoms with Gasteiger partial charge in [0, 0.05) is 6.92 Å². The highest BCUT2D eigenvalue weighted by molar-refractivity contribution is 7.91. The zero-order valence-corrected chi connectivity index (χ0v) is 10.6. The van der Waals surface area contributed by atoms with Crippen molar-refractivity contribution in [2.45, 2.75) is 24.7 Å². The number of sulfone groups is 1. The number of unbranched alkanes of at least 4 members (excludes halogenated alkanes) is 1. The average molecular weight is 256 g/mol. The molecule has 94 valence electrons. The second kappa shape index (κ2) is 6.39. The van der Waals surface area contributed by atoms with Crippen LogP contribution in [0.1, 0.15) is 19.8 Å². The van der Waals surface area contributed by atoms with Crippen molar-refractivity contribution in [1.29, 1.82) is 0 Å². The molecular formula is C12H16O4S. The fourth-order valence-electron chi connectivity index (χ4n) is 1.36. The molecule has 0 radical (unpaired) electrons. The molecule has 0 aromatic heterocycles. The van der Waals surface area contributed by atoms with E-state index >= 15 is 0 Å². The van der Waals surface area contributed by atoms with E-state index in [9.17, 15) is 13.2 Å². The monoisotopic (exact) mass is 256 g/mol. The molecule has 1 aromatic rings. The standard InChI is InChI=1S/C12H16O4S/c1-11(13)16-9-5-6-10-17(14,15)12-7-3-2-4-8-12/h2-4,7-8H,5-6,9-10H2,1H3. The maximum Gasteiger partial charge on any atom is 0.302 e. The molecule has 0 bridgehead atoms. The first-order valence-corrected chi connectivity index (χ1v) is 7.09. The summed E-state index contributed by atoms with van der Waals surface area (Å²) >= 11 is 0. The van der Waals surface area contributed by atoms with Crippen LogP contribution in [0.5, 0.6) is 0 Å². The van der Waals surface area contributed by atoms with Crippen molar-refractivity contribution < 1.29 is 17.9 Å². The van der Waals surface area contributed by atoms with Crippen LogP contribution in [-0.4, -0.2) is 26.7 Å². The lowest BCUT2D eigenvalue weighted by atomic mass is 10.4. The number of ether oxygens (including phenoxy) is 1. The Hall–Kier alpha value is -1.36. The second-order valence-corrected chi connectivity index (χ2v) is 5.79. The van der Waals surface area contributed by atoms with Gasteiger partial charge in [-0.3, -0.25) is 4.79 Å². The molecule has 1 aromatic carbocycles. The van der Waals surface area contributed by atoms with Gasteiger partial charge in [-0.25, -0.2) is 8.42 Å². The molecule has 0 aliphatic heterocycles. The second-order valence-electron chi connectivity index (χ2n) is 3.68. The highest BCUT2D eigenvalue weighted by Crippen LogP contribution is 2.11. The van der Waals surface area contributed by atoms with Crippen molar-refractivity contribution in [1.82, 2.24) is 0 Å². The maximum absolute atomic E-state index is 11.8. The van der Waals surface area contributed by atoms with Crippen LogP contribution < -0.4 is 0 Å². The van der Waals surface area contributed by atoms with Gasteiger partial charge >= 0.3 is 5.97 Å². The van der Waals surface area contributed by atoms with Gasteiger partial charge in [0.1, 0.15) is 0 Å². The molecule has 0 spiro atoms. The van der Waals surface area contributed by atoms with Crippen LogP contribution >= 0.6 is 0 Å². The highest BCUT2D eigenvalue weighted by atomic mass is 32.2. The van der Waals surface area contributed by atoms with Crippen molar-refractivity contribution in [2.24, 2.45) is 0 Å². The van der Waals surface area contributed by atoms with Crippen LogP contribution in [-0.2, 0) is 19.4 Å². The van der Waals surface area contributed by atoms with Crippen molar-refractivity contribution >= 4 is 15.8 Å². The van der Waals surface area contributed by atoms with Crippen LogP contribution in [0, 0.1) is 0 Å². The first-order chi connectivity index (χ1) is 8.02. The Morgan fingerprint density at radius 1 is 1.18 bits per heavy atom. The van der Waals surface area contributed by atoms with Crippen molar-refractivity contribution in [2.75, 3.05) is 12.4 Å². The number of hydrogen-bond donors (Lipinski definition) is 0. The normalized spacial score (nSPS) is 11.1. The van der Waals surface area contributed by atoms with E-state index in [1.54, 1.807) is 30.3 Å². The zero-order chi connectivity index (χ0) is 12.7. The molecular weight excluding hydrogens is 240 g/mol. The van der Waals surface area contributed by atoms with Crippen molar-refractivity contribution in [3.05, 3.63) is 30.3 Å². The summed E-state index contributed by atoms with van der Waals surface area (Å²) in [7, 11) is -3.20. The molecule has 0 aliphatic rings. The van der Waals surface area contributed by atoms with E-state index in [1.165, 1.54) is 6.92 Å². The Morgan fingerprint density at radius 2 is 1.82 bits per heavy atom. The number of rotatable bonds is 6. The fourth-order valence-corrected chi connectivity index (χ4v) is 2.75. The first kappa shape index (κ1) is 13.7. The maximum atomic E-state index is 11.8. The third kappa shape index (κ3) is 4.99. The molecule has 0 unspecified atom stereocenters. The van der Waals surface area contributed by atoms with Crippen LogP contribution in [0.3, 0.4) is 0 Å². The number of carbonyl (C=O) groups is 1. The highest BCUT2D eigenvalue weighted by Gasteiger charge is 2.12. The number of carbonyl (C=O) groups excluding carboxylic acids is 1. The van der Waals surface area contributed by atoms with E-state index in [0.29, 0.717) is 17.7 Å². The lowest BCUT2D eigenvalue weighted by Gasteiger charge is -2.04. The number of esters is 1. The predicted octanol–water partition coefficient (Wildman–Crippen LogP) is 1.80. The van der Waals surface area contributed by atoms with Gasteiger partial charge in [-0.1, -0.05) is 18.2 Å². The summed E-state index contributed by atoms with van der Waals surface area (Å²) in [6.45, 7) is 1.61. The Kier molecular flexibility index (Phi) is 5.15. The van der Waals surface area contributed by atoms with Gasteiger partial charge in [-0.2, -0.15) is 0 Å². The lowest BCUT2D eigenvalue weighted by Crippen LogP contribution is -2.08. The topological polar surface area (TPSA) is 60.4 Å². The van der Waals surface area contributed by atoms with Gasteiger partial charge in [0.05, 0.1) is 17.3 Å². The molecule has 0 amide bonds. The summed E-state index contributed by atoms with van der Waals surface area (Å²) < 4.78 is 28.4. The molecule has 0 saturated carbocycles. The van der Waals surface area contributed by atoms with Gasteiger partial charge in [-0.05, 0) is 25.0 Å². The summed E-state index contributed by atoms with van der Waals surface area (Å²) in [5.74, 6) is -0.255. The molecule has 0 N–H and O–H groups in total. The van der Waals surface area contributed by atoms with Gasteiger partial charge in [-0.15, -0.1) is 0 Å². The van der Waals surface area contributed by atoms with Gasteiger partial charge < -0.3 is 4.74 Å². The molecule has 0 aliphatic carbocycles. The Balaban J connectivity index is 2.39. The van der Waals surface area contributed by atoms with Crippen molar-refractivity contribution in [3.8, 4) is 0 Å². The third-order valence-electron chi connectivity index (χ3n) is 2.22. The number of benzene rings is 1. The molecule has 4 nitrogen and oxygen atoms in total. The largest absolute Gasteiger partial charge is 0.466 e. The van der Waals surface area contributed by atoms with Crippen LogP contribution in [0.15, 0.2) is 35.2 Å². The van der Waals surface area contributed by atoms with E-state index < -0.39 is 9.84 Å². The molecule has 0 atom stereocenters. The minimum atomic E-state index is -3.20. The summed E-state index contributed by atoms with van der Waals surface area (Å²) in [6, 6.07) is 8.35. The van der Waals surface area contributed by atoms with E-state index in [4.69, 9.17) is 4.74 Å². The van der Waals surface area contributed by atoms with E-state index in [-0.39, 0.29) is 18.3 Å². The Labute approximate surface area is 102 Å². The molecule has 17 heavy (non-hydrogen) atoms. The van der Waals surface area contributed by atoms with Gasteiger partial charge in [0.15, 0.2) is 9.84 Å². The van der Waals surface area contributed by atoms with Gasteiger partial charge in [0.25, 0.3) is 0 Å². The zero-order valence-electron chi connectivity index (χ0n) is 9.76. The summed E-state index contributed by atoms with van der Waals surface area (Å²) in [5.41, 5.74) is 0. The van der Waals surface area contributed by atoms with E-state index in [1.807, 2.05) is 0 Å². The van der Waals surface area contributed by atoms with E-state index in [0.717, 1.165) is 0 Å². The molecule has 0 heterocycles. The lowest BCUT2D eigenvalue weighted by molar-refractivity contribution is -0.141.